The Balaban J connectivity index is 1.54. The van der Waals surface area contributed by atoms with Crippen LogP contribution in [0.1, 0.15) is 16.7 Å². The molecule has 0 atom stereocenters. The second-order valence-electron chi connectivity index (χ2n) is 7.02. The molecule has 0 aliphatic carbocycles. The molecule has 0 radical (unpaired) electrons. The van der Waals surface area contributed by atoms with Crippen molar-refractivity contribution >= 4 is 34.2 Å². The van der Waals surface area contributed by atoms with Gasteiger partial charge in [0.15, 0.2) is 6.61 Å². The van der Waals surface area contributed by atoms with Gasteiger partial charge in [-0.25, -0.2) is 0 Å². The normalized spacial score (nSPS) is 10.7. The molecule has 0 unspecified atom stereocenters. The Morgan fingerprint density at radius 3 is 2.43 bits per heavy atom. The van der Waals surface area contributed by atoms with Crippen LogP contribution in [0.2, 0.25) is 0 Å². The fourth-order valence-electron chi connectivity index (χ4n) is 2.87. The minimum Gasteiger partial charge on any atom is -0.464 e. The fraction of sp³-hybridized carbons (Fsp3) is 0.273. The molecular formula is C22H24N2O4. The molecule has 0 fully saturated rings. The molecule has 0 aliphatic rings. The van der Waals surface area contributed by atoms with Crippen LogP contribution < -0.4 is 10.2 Å². The molecule has 1 heterocycles. The van der Waals surface area contributed by atoms with Gasteiger partial charge in [0.2, 0.25) is 0 Å². The highest BCUT2D eigenvalue weighted by atomic mass is 16.5. The summed E-state index contributed by atoms with van der Waals surface area (Å²) in [5.41, 5.74) is 5.43. The van der Waals surface area contributed by atoms with Gasteiger partial charge in [-0.3, -0.25) is 9.59 Å². The molecule has 3 rings (SSSR count). The van der Waals surface area contributed by atoms with Gasteiger partial charge in [0.1, 0.15) is 5.58 Å². The van der Waals surface area contributed by atoms with E-state index < -0.39 is 5.97 Å². The van der Waals surface area contributed by atoms with Crippen molar-refractivity contribution in [2.24, 2.45) is 0 Å². The molecule has 0 bridgehead atoms. The summed E-state index contributed by atoms with van der Waals surface area (Å²) >= 11 is 0. The lowest BCUT2D eigenvalue weighted by Crippen LogP contribution is -2.21. The SMILES string of the molecule is Cc1cc2occ(CC(=O)OCC(=O)Nc3ccc(N(C)C)cc3)c2cc1C. The van der Waals surface area contributed by atoms with Crippen molar-refractivity contribution in [1.29, 1.82) is 0 Å². The number of nitrogens with zero attached hydrogens (tertiary/aromatic N) is 1. The quantitative estimate of drug-likeness (QED) is 0.658. The summed E-state index contributed by atoms with van der Waals surface area (Å²) in [5, 5.41) is 3.61. The predicted molar refractivity (Wildman–Crippen MR) is 110 cm³/mol. The van der Waals surface area contributed by atoms with E-state index in [1.54, 1.807) is 18.4 Å². The number of furan rings is 1. The minimum absolute atomic E-state index is 0.0559. The number of esters is 1. The van der Waals surface area contributed by atoms with Gasteiger partial charge in [0.25, 0.3) is 5.91 Å². The number of hydrogen-bond donors (Lipinski definition) is 1. The molecule has 0 aliphatic heterocycles. The average Bonchev–Trinajstić information content (AvgIpc) is 3.02. The number of aryl methyl sites for hydroxylation is 2. The molecule has 0 saturated carbocycles. The molecule has 3 aromatic rings. The maximum Gasteiger partial charge on any atom is 0.310 e. The largest absolute Gasteiger partial charge is 0.464 e. The summed E-state index contributed by atoms with van der Waals surface area (Å²) in [6.07, 6.45) is 1.62. The smallest absolute Gasteiger partial charge is 0.310 e. The molecule has 146 valence electrons. The fourth-order valence-corrected chi connectivity index (χ4v) is 2.87. The zero-order valence-electron chi connectivity index (χ0n) is 16.5. The van der Waals surface area contributed by atoms with Crippen molar-refractivity contribution in [2.75, 3.05) is 30.9 Å². The molecule has 28 heavy (non-hydrogen) atoms. The van der Waals surface area contributed by atoms with Crippen LogP contribution >= 0.6 is 0 Å². The molecule has 1 aromatic heterocycles. The summed E-state index contributed by atoms with van der Waals surface area (Å²) in [4.78, 5) is 26.1. The first kappa shape index (κ1) is 19.5. The summed E-state index contributed by atoms with van der Waals surface area (Å²) in [7, 11) is 3.89. The Kier molecular flexibility index (Phi) is 5.68. The van der Waals surface area contributed by atoms with E-state index in [-0.39, 0.29) is 18.9 Å². The van der Waals surface area contributed by atoms with Gasteiger partial charge >= 0.3 is 5.97 Å². The third-order valence-electron chi connectivity index (χ3n) is 4.64. The zero-order valence-corrected chi connectivity index (χ0v) is 16.5. The second-order valence-corrected chi connectivity index (χ2v) is 7.02. The van der Waals surface area contributed by atoms with E-state index in [0.29, 0.717) is 5.69 Å². The summed E-state index contributed by atoms with van der Waals surface area (Å²) in [5.74, 6) is -0.853. The first-order valence-electron chi connectivity index (χ1n) is 9.03. The van der Waals surface area contributed by atoms with Gasteiger partial charge < -0.3 is 19.4 Å². The highest BCUT2D eigenvalue weighted by Gasteiger charge is 2.14. The van der Waals surface area contributed by atoms with Crippen molar-refractivity contribution < 1.29 is 18.7 Å². The maximum atomic E-state index is 12.1. The number of fused-ring (bicyclic) bond motifs is 1. The van der Waals surface area contributed by atoms with Gasteiger partial charge in [-0.15, -0.1) is 0 Å². The molecule has 6 nitrogen and oxygen atoms in total. The first-order valence-corrected chi connectivity index (χ1v) is 9.03. The lowest BCUT2D eigenvalue weighted by Gasteiger charge is -2.13. The standard InChI is InChI=1S/C22H24N2O4/c1-14-9-19-16(12-27-20(19)10-15(14)2)11-22(26)28-13-21(25)23-17-5-7-18(8-6-17)24(3)4/h5-10,12H,11,13H2,1-4H3,(H,23,25). The lowest BCUT2D eigenvalue weighted by molar-refractivity contribution is -0.146. The number of rotatable bonds is 6. The van der Waals surface area contributed by atoms with Crippen molar-refractivity contribution in [1.82, 2.24) is 0 Å². The Bertz CT molecular complexity index is 1000. The number of hydrogen-bond acceptors (Lipinski definition) is 5. The van der Waals surface area contributed by atoms with Crippen molar-refractivity contribution in [2.45, 2.75) is 20.3 Å². The van der Waals surface area contributed by atoms with E-state index in [0.717, 1.165) is 33.3 Å². The van der Waals surface area contributed by atoms with Crippen LogP contribution in [0, 0.1) is 13.8 Å². The Morgan fingerprint density at radius 2 is 1.75 bits per heavy atom. The van der Waals surface area contributed by atoms with E-state index in [4.69, 9.17) is 9.15 Å². The van der Waals surface area contributed by atoms with E-state index in [1.165, 1.54) is 0 Å². The summed E-state index contributed by atoms with van der Waals surface area (Å²) in [6, 6.07) is 11.4. The number of nitrogens with one attached hydrogen (secondary N) is 1. The Morgan fingerprint density at radius 1 is 1.07 bits per heavy atom. The van der Waals surface area contributed by atoms with Crippen LogP contribution in [0.25, 0.3) is 11.0 Å². The third kappa shape index (κ3) is 4.52. The summed E-state index contributed by atoms with van der Waals surface area (Å²) in [6.45, 7) is 3.69. The molecule has 6 heteroatoms. The second kappa shape index (κ2) is 8.17. The number of carbonyl (C=O) groups excluding carboxylic acids is 2. The number of benzene rings is 2. The number of ether oxygens (including phenoxy) is 1. The van der Waals surface area contributed by atoms with Gasteiger partial charge in [0, 0.05) is 36.4 Å². The topological polar surface area (TPSA) is 71.8 Å². The Labute approximate surface area is 164 Å². The van der Waals surface area contributed by atoms with Crippen LogP contribution in [0.15, 0.2) is 47.1 Å². The van der Waals surface area contributed by atoms with Crippen LogP contribution in [0.3, 0.4) is 0 Å². The van der Waals surface area contributed by atoms with E-state index in [1.807, 2.05) is 57.1 Å². The molecular weight excluding hydrogens is 356 g/mol. The van der Waals surface area contributed by atoms with Crippen LogP contribution in [0.5, 0.6) is 0 Å². The predicted octanol–water partition coefficient (Wildman–Crippen LogP) is 3.84. The number of carbonyl (C=O) groups is 2. The van der Waals surface area contributed by atoms with Gasteiger partial charge in [-0.1, -0.05) is 0 Å². The van der Waals surface area contributed by atoms with Crippen LogP contribution in [-0.2, 0) is 20.7 Å². The van der Waals surface area contributed by atoms with Crippen molar-refractivity contribution in [3.05, 3.63) is 59.4 Å². The monoisotopic (exact) mass is 380 g/mol. The molecule has 1 N–H and O–H groups in total. The third-order valence-corrected chi connectivity index (χ3v) is 4.64. The number of amides is 1. The maximum absolute atomic E-state index is 12.1. The highest BCUT2D eigenvalue weighted by Crippen LogP contribution is 2.25. The van der Waals surface area contributed by atoms with E-state index in [9.17, 15) is 9.59 Å². The van der Waals surface area contributed by atoms with Crippen molar-refractivity contribution in [3.63, 3.8) is 0 Å². The van der Waals surface area contributed by atoms with Gasteiger partial charge in [-0.05, 0) is 61.4 Å². The number of anilines is 2. The minimum atomic E-state index is -0.473. The average molecular weight is 380 g/mol. The van der Waals surface area contributed by atoms with Crippen molar-refractivity contribution in [3.8, 4) is 0 Å². The molecule has 0 spiro atoms. The van der Waals surface area contributed by atoms with Crippen LogP contribution in [0.4, 0.5) is 11.4 Å². The highest BCUT2D eigenvalue weighted by molar-refractivity contribution is 5.93. The summed E-state index contributed by atoms with van der Waals surface area (Å²) < 4.78 is 10.6. The Hall–Kier alpha value is -3.28. The first-order chi connectivity index (χ1) is 13.3. The van der Waals surface area contributed by atoms with Crippen LogP contribution in [-0.4, -0.2) is 32.6 Å². The lowest BCUT2D eigenvalue weighted by atomic mass is 10.0. The van der Waals surface area contributed by atoms with Gasteiger partial charge in [-0.2, -0.15) is 0 Å². The molecule has 2 aromatic carbocycles. The zero-order chi connectivity index (χ0) is 20.3. The molecule has 1 amide bonds. The molecule has 0 saturated heterocycles. The van der Waals surface area contributed by atoms with Gasteiger partial charge in [0.05, 0.1) is 12.7 Å². The van der Waals surface area contributed by atoms with E-state index >= 15 is 0 Å². The van der Waals surface area contributed by atoms with E-state index in [2.05, 4.69) is 5.32 Å².